The van der Waals surface area contributed by atoms with E-state index in [-0.39, 0.29) is 11.9 Å². The average molecular weight is 528 g/mol. The molecule has 4 aromatic rings. The summed E-state index contributed by atoms with van der Waals surface area (Å²) in [4.78, 5) is 20.6. The monoisotopic (exact) mass is 527 g/mol. The van der Waals surface area contributed by atoms with Gasteiger partial charge in [0, 0.05) is 36.1 Å². The fourth-order valence-corrected chi connectivity index (χ4v) is 5.50. The van der Waals surface area contributed by atoms with Crippen molar-refractivity contribution in [2.75, 3.05) is 20.2 Å². The summed E-state index contributed by atoms with van der Waals surface area (Å²) >= 11 is 8.04. The first kappa shape index (κ1) is 24.4. The van der Waals surface area contributed by atoms with E-state index < -0.39 is 5.82 Å². The smallest absolute Gasteiger partial charge is 0.311 e. The molecule has 5 rings (SSSR count). The predicted molar refractivity (Wildman–Crippen MR) is 135 cm³/mol. The Morgan fingerprint density at radius 3 is 2.81 bits per heavy atom. The van der Waals surface area contributed by atoms with Crippen LogP contribution in [-0.4, -0.2) is 41.2 Å². The first-order valence-corrected chi connectivity index (χ1v) is 12.6. The Kier molecular flexibility index (Phi) is 7.04. The molecule has 0 spiro atoms. The number of rotatable bonds is 8. The Morgan fingerprint density at radius 1 is 1.25 bits per heavy atom. The third kappa shape index (κ3) is 5.13. The molecule has 0 atom stereocenters. The van der Waals surface area contributed by atoms with E-state index in [9.17, 15) is 9.18 Å². The molecule has 2 aromatic heterocycles. The number of likely N-dealkylation sites (tertiary alicyclic amines) is 1. The number of benzene rings is 2. The molecule has 0 aliphatic carbocycles. The van der Waals surface area contributed by atoms with Gasteiger partial charge < -0.3 is 14.0 Å². The summed E-state index contributed by atoms with van der Waals surface area (Å²) in [6.45, 7) is 4.25. The number of carbonyl (C=O) groups excluding carboxylic acids is 1. The molecule has 0 bridgehead atoms. The second-order valence-corrected chi connectivity index (χ2v) is 10.0. The lowest BCUT2D eigenvalue weighted by molar-refractivity contribution is -0.151. The molecule has 10 heteroatoms. The molecule has 1 aliphatic heterocycles. The number of aryl methyl sites for hydroxylation is 1. The third-order valence-electron chi connectivity index (χ3n) is 5.94. The summed E-state index contributed by atoms with van der Waals surface area (Å²) in [6.07, 6.45) is 0.832. The molecule has 3 heterocycles. The van der Waals surface area contributed by atoms with E-state index in [0.717, 1.165) is 23.4 Å². The lowest BCUT2D eigenvalue weighted by Crippen LogP contribution is -2.49. The molecule has 1 saturated heterocycles. The number of esters is 1. The molecule has 0 unspecified atom stereocenters. The number of nitrogens with zero attached hydrogens (tertiary/aromatic N) is 3. The third-order valence-corrected chi connectivity index (χ3v) is 7.40. The van der Waals surface area contributed by atoms with Gasteiger partial charge in [0.25, 0.3) is 5.89 Å². The molecular formula is C26H23ClFN3O4S. The number of ether oxygens (including phenoxy) is 2. The summed E-state index contributed by atoms with van der Waals surface area (Å²) in [5.74, 6) is 1.01. The standard InChI is InChI=1S/C26H23ClFN3O4S/c1-3-15-9-20(14-31-12-17(13-31)26(32)33-2)36-23(15)24-29-25(35-30-24)16-7-8-22(21(27)10-16)34-19-6-4-5-18(28)11-19/h4-11,17H,3,12-14H2,1-2H3. The van der Waals surface area contributed by atoms with Gasteiger partial charge in [0.2, 0.25) is 5.82 Å². The molecule has 1 aliphatic rings. The van der Waals surface area contributed by atoms with E-state index in [1.807, 2.05) is 0 Å². The van der Waals surface area contributed by atoms with Crippen LogP contribution in [0.2, 0.25) is 5.02 Å². The van der Waals surface area contributed by atoms with Crippen LogP contribution in [0.15, 0.2) is 53.1 Å². The van der Waals surface area contributed by atoms with E-state index >= 15 is 0 Å². The maximum absolute atomic E-state index is 13.4. The van der Waals surface area contributed by atoms with Crippen LogP contribution in [0.25, 0.3) is 22.2 Å². The fourth-order valence-electron chi connectivity index (χ4n) is 4.06. The van der Waals surface area contributed by atoms with Gasteiger partial charge in [0.1, 0.15) is 17.3 Å². The molecular weight excluding hydrogens is 505 g/mol. The Labute approximate surface area is 216 Å². The Morgan fingerprint density at radius 2 is 2.08 bits per heavy atom. The van der Waals surface area contributed by atoms with Gasteiger partial charge >= 0.3 is 5.97 Å². The normalized spacial score (nSPS) is 14.0. The lowest BCUT2D eigenvalue weighted by atomic mass is 10.0. The summed E-state index contributed by atoms with van der Waals surface area (Å²) < 4.78 is 29.5. The molecule has 0 amide bonds. The number of aromatic nitrogens is 2. The van der Waals surface area contributed by atoms with Crippen molar-refractivity contribution < 1.29 is 23.2 Å². The minimum atomic E-state index is -0.392. The van der Waals surface area contributed by atoms with E-state index in [2.05, 4.69) is 28.0 Å². The largest absolute Gasteiger partial charge is 0.469 e. The van der Waals surface area contributed by atoms with Crippen LogP contribution in [0.1, 0.15) is 17.4 Å². The van der Waals surface area contributed by atoms with Gasteiger partial charge in [-0.3, -0.25) is 9.69 Å². The van der Waals surface area contributed by atoms with E-state index in [1.54, 1.807) is 41.7 Å². The molecule has 36 heavy (non-hydrogen) atoms. The van der Waals surface area contributed by atoms with Gasteiger partial charge in [-0.25, -0.2) is 4.39 Å². The fraction of sp³-hybridized carbons (Fsp3) is 0.269. The van der Waals surface area contributed by atoms with Crippen molar-refractivity contribution in [3.05, 3.63) is 69.8 Å². The lowest BCUT2D eigenvalue weighted by Gasteiger charge is -2.36. The average Bonchev–Trinajstić information content (AvgIpc) is 3.49. The van der Waals surface area contributed by atoms with Gasteiger partial charge in [-0.2, -0.15) is 4.98 Å². The van der Waals surface area contributed by atoms with Crippen molar-refractivity contribution in [3.63, 3.8) is 0 Å². The van der Waals surface area contributed by atoms with E-state index in [4.69, 9.17) is 25.6 Å². The van der Waals surface area contributed by atoms with Crippen LogP contribution in [0, 0.1) is 11.7 Å². The Bertz CT molecular complexity index is 1400. The van der Waals surface area contributed by atoms with Crippen LogP contribution in [0.4, 0.5) is 4.39 Å². The van der Waals surface area contributed by atoms with Gasteiger partial charge in [0.05, 0.1) is 22.9 Å². The van der Waals surface area contributed by atoms with Crippen LogP contribution in [0.5, 0.6) is 11.5 Å². The summed E-state index contributed by atoms with van der Waals surface area (Å²) in [5, 5.41) is 4.54. The number of carbonyl (C=O) groups is 1. The number of hydrogen-bond acceptors (Lipinski definition) is 8. The quantitative estimate of drug-likeness (QED) is 0.252. The second-order valence-electron chi connectivity index (χ2n) is 8.46. The van der Waals surface area contributed by atoms with Gasteiger partial charge in [-0.05, 0) is 48.4 Å². The summed E-state index contributed by atoms with van der Waals surface area (Å²) in [7, 11) is 1.42. The highest BCUT2D eigenvalue weighted by Gasteiger charge is 2.33. The molecule has 186 valence electrons. The molecule has 0 radical (unpaired) electrons. The predicted octanol–water partition coefficient (Wildman–Crippen LogP) is 6.22. The highest BCUT2D eigenvalue weighted by atomic mass is 35.5. The maximum atomic E-state index is 13.4. The minimum absolute atomic E-state index is 0.0442. The number of thiophene rings is 1. The van der Waals surface area contributed by atoms with Crippen molar-refractivity contribution in [2.24, 2.45) is 5.92 Å². The molecule has 0 saturated carbocycles. The van der Waals surface area contributed by atoms with Gasteiger partial charge in [-0.15, -0.1) is 11.3 Å². The van der Waals surface area contributed by atoms with Crippen molar-refractivity contribution in [3.8, 4) is 33.7 Å². The van der Waals surface area contributed by atoms with Crippen LogP contribution in [0.3, 0.4) is 0 Å². The SMILES string of the molecule is CCc1cc(CN2CC(C(=O)OC)C2)sc1-c1noc(-c2ccc(Oc3cccc(F)c3)c(Cl)c2)n1. The highest BCUT2D eigenvalue weighted by molar-refractivity contribution is 7.15. The maximum Gasteiger partial charge on any atom is 0.311 e. The van der Waals surface area contributed by atoms with Crippen molar-refractivity contribution in [2.45, 2.75) is 19.9 Å². The van der Waals surface area contributed by atoms with Crippen molar-refractivity contribution in [1.82, 2.24) is 15.0 Å². The van der Waals surface area contributed by atoms with Crippen LogP contribution in [-0.2, 0) is 22.5 Å². The Balaban J connectivity index is 1.30. The molecule has 0 N–H and O–H groups in total. The number of hydrogen-bond donors (Lipinski definition) is 0. The summed E-state index contributed by atoms with van der Waals surface area (Å²) in [6, 6.07) is 13.1. The topological polar surface area (TPSA) is 77.7 Å². The zero-order chi connectivity index (χ0) is 25.2. The van der Waals surface area contributed by atoms with Crippen LogP contribution < -0.4 is 4.74 Å². The number of halogens is 2. The van der Waals surface area contributed by atoms with Crippen LogP contribution >= 0.6 is 22.9 Å². The van der Waals surface area contributed by atoms with Crippen molar-refractivity contribution in [1.29, 1.82) is 0 Å². The molecule has 2 aromatic carbocycles. The second kappa shape index (κ2) is 10.4. The van der Waals surface area contributed by atoms with Gasteiger partial charge in [-0.1, -0.05) is 29.7 Å². The van der Waals surface area contributed by atoms with E-state index in [0.29, 0.717) is 46.9 Å². The van der Waals surface area contributed by atoms with Gasteiger partial charge in [0.15, 0.2) is 0 Å². The zero-order valence-corrected chi connectivity index (χ0v) is 21.2. The zero-order valence-electron chi connectivity index (χ0n) is 19.7. The number of methoxy groups -OCH3 is 1. The highest BCUT2D eigenvalue weighted by Crippen LogP contribution is 2.36. The molecule has 1 fully saturated rings. The minimum Gasteiger partial charge on any atom is -0.469 e. The first-order valence-electron chi connectivity index (χ1n) is 11.4. The summed E-state index contributed by atoms with van der Waals surface area (Å²) in [5.41, 5.74) is 1.79. The van der Waals surface area contributed by atoms with E-state index in [1.165, 1.54) is 24.1 Å². The Hall–Kier alpha value is -3.27. The first-order chi connectivity index (χ1) is 17.4. The molecule has 7 nitrogen and oxygen atoms in total. The van der Waals surface area contributed by atoms with Crippen molar-refractivity contribution >= 4 is 28.9 Å².